The number of anilines is 1. The van der Waals surface area contributed by atoms with Crippen LogP contribution in [0.1, 0.15) is 6.92 Å². The molecular formula is C10H10BrClFNO. The fraction of sp³-hybridized carbons (Fsp3) is 0.300. The van der Waals surface area contributed by atoms with Crippen LogP contribution in [0.5, 0.6) is 0 Å². The second-order valence-corrected chi connectivity index (χ2v) is 4.33. The highest BCUT2D eigenvalue weighted by atomic mass is 79.9. The number of nitrogens with one attached hydrogen (secondary N) is 1. The molecule has 0 radical (unpaired) electrons. The highest BCUT2D eigenvalue weighted by molar-refractivity contribution is 9.10. The monoisotopic (exact) mass is 293 g/mol. The number of carbonyl (C=O) groups is 1. The number of halogens is 3. The Morgan fingerprint density at radius 1 is 1.67 bits per heavy atom. The minimum Gasteiger partial charge on any atom is -0.325 e. The molecule has 15 heavy (non-hydrogen) atoms. The van der Waals surface area contributed by atoms with Gasteiger partial charge in [-0.2, -0.15) is 0 Å². The number of benzene rings is 1. The van der Waals surface area contributed by atoms with Crippen LogP contribution >= 0.6 is 27.5 Å². The molecule has 2 nitrogen and oxygen atoms in total. The number of carbonyl (C=O) groups excluding carboxylic acids is 1. The van der Waals surface area contributed by atoms with Crippen LogP contribution in [0.2, 0.25) is 0 Å². The molecule has 0 aliphatic carbocycles. The molecule has 1 N–H and O–H groups in total. The normalized spacial score (nSPS) is 12.3. The molecule has 1 unspecified atom stereocenters. The molecule has 0 fully saturated rings. The average molecular weight is 295 g/mol. The smallest absolute Gasteiger partial charge is 0.228 e. The lowest BCUT2D eigenvalue weighted by Crippen LogP contribution is -2.21. The van der Waals surface area contributed by atoms with Gasteiger partial charge in [0.1, 0.15) is 5.82 Å². The van der Waals surface area contributed by atoms with E-state index in [2.05, 4.69) is 21.2 Å². The molecule has 82 valence electrons. The van der Waals surface area contributed by atoms with Crippen molar-refractivity contribution < 1.29 is 9.18 Å². The van der Waals surface area contributed by atoms with Gasteiger partial charge in [0.2, 0.25) is 5.91 Å². The van der Waals surface area contributed by atoms with Crippen molar-refractivity contribution in [1.82, 2.24) is 0 Å². The summed E-state index contributed by atoms with van der Waals surface area (Å²) in [6.07, 6.45) is 0. The van der Waals surface area contributed by atoms with E-state index in [0.29, 0.717) is 10.2 Å². The zero-order chi connectivity index (χ0) is 11.4. The van der Waals surface area contributed by atoms with Gasteiger partial charge in [0.25, 0.3) is 0 Å². The molecule has 1 aromatic carbocycles. The fourth-order valence-corrected chi connectivity index (χ4v) is 1.51. The molecule has 1 rings (SSSR count). The van der Waals surface area contributed by atoms with E-state index < -0.39 is 0 Å². The Morgan fingerprint density at radius 3 is 2.87 bits per heavy atom. The van der Waals surface area contributed by atoms with Gasteiger partial charge < -0.3 is 5.32 Å². The number of rotatable bonds is 3. The van der Waals surface area contributed by atoms with Crippen LogP contribution in [-0.4, -0.2) is 11.8 Å². The molecule has 0 aliphatic rings. The van der Waals surface area contributed by atoms with Crippen LogP contribution in [0.3, 0.4) is 0 Å². The molecular weight excluding hydrogens is 284 g/mol. The van der Waals surface area contributed by atoms with Gasteiger partial charge in [0.05, 0.1) is 5.69 Å². The van der Waals surface area contributed by atoms with E-state index in [0.717, 1.165) is 0 Å². The summed E-state index contributed by atoms with van der Waals surface area (Å²) in [7, 11) is 0. The Morgan fingerprint density at radius 2 is 2.33 bits per heavy atom. The first-order chi connectivity index (χ1) is 7.04. The van der Waals surface area contributed by atoms with E-state index in [4.69, 9.17) is 11.6 Å². The molecule has 0 aliphatic heterocycles. The van der Waals surface area contributed by atoms with Crippen molar-refractivity contribution in [3.63, 3.8) is 0 Å². The second-order valence-electron chi connectivity index (χ2n) is 3.17. The van der Waals surface area contributed by atoms with Crippen molar-refractivity contribution in [2.75, 3.05) is 11.2 Å². The quantitative estimate of drug-likeness (QED) is 0.851. The lowest BCUT2D eigenvalue weighted by Gasteiger charge is -2.10. The fourth-order valence-electron chi connectivity index (χ4n) is 0.917. The van der Waals surface area contributed by atoms with E-state index in [1.165, 1.54) is 18.2 Å². The minimum absolute atomic E-state index is 0.183. The molecule has 0 saturated carbocycles. The van der Waals surface area contributed by atoms with Crippen molar-refractivity contribution in [2.45, 2.75) is 6.92 Å². The Kier molecular flexibility index (Phi) is 4.54. The van der Waals surface area contributed by atoms with E-state index in [9.17, 15) is 9.18 Å². The lowest BCUT2D eigenvalue weighted by atomic mass is 10.2. The van der Waals surface area contributed by atoms with Crippen molar-refractivity contribution >= 4 is 39.1 Å². The van der Waals surface area contributed by atoms with Crippen LogP contribution < -0.4 is 5.32 Å². The van der Waals surface area contributed by atoms with Gasteiger partial charge in [-0.3, -0.25) is 4.79 Å². The Balaban J connectivity index is 2.77. The lowest BCUT2D eigenvalue weighted by molar-refractivity contribution is -0.118. The standard InChI is InChI=1S/C10H10BrClFNO/c1-6(5-12)10(15)14-9-3-2-7(13)4-8(9)11/h2-4,6H,5H2,1H3,(H,14,15). The van der Waals surface area contributed by atoms with E-state index in [-0.39, 0.29) is 23.5 Å². The molecule has 1 aromatic rings. The number of amides is 1. The van der Waals surface area contributed by atoms with Gasteiger partial charge in [-0.1, -0.05) is 6.92 Å². The summed E-state index contributed by atoms with van der Waals surface area (Å²) < 4.78 is 13.3. The van der Waals surface area contributed by atoms with Crippen molar-refractivity contribution in [3.05, 3.63) is 28.5 Å². The third-order valence-corrected chi connectivity index (χ3v) is 2.99. The maximum absolute atomic E-state index is 12.7. The SMILES string of the molecule is CC(CCl)C(=O)Nc1ccc(F)cc1Br. The number of hydrogen-bond donors (Lipinski definition) is 1. The highest BCUT2D eigenvalue weighted by Gasteiger charge is 2.12. The summed E-state index contributed by atoms with van der Waals surface area (Å²) in [5, 5.41) is 2.65. The van der Waals surface area contributed by atoms with Gasteiger partial charge in [0.15, 0.2) is 0 Å². The van der Waals surface area contributed by atoms with Crippen LogP contribution in [-0.2, 0) is 4.79 Å². The molecule has 5 heteroatoms. The van der Waals surface area contributed by atoms with Gasteiger partial charge in [0, 0.05) is 16.3 Å². The maximum atomic E-state index is 12.7. The topological polar surface area (TPSA) is 29.1 Å². The highest BCUT2D eigenvalue weighted by Crippen LogP contribution is 2.23. The first-order valence-corrected chi connectivity index (χ1v) is 5.69. The summed E-state index contributed by atoms with van der Waals surface area (Å²) in [5.41, 5.74) is 0.540. The van der Waals surface area contributed by atoms with Crippen molar-refractivity contribution in [3.8, 4) is 0 Å². The molecule has 1 atom stereocenters. The molecule has 0 heterocycles. The first kappa shape index (κ1) is 12.5. The Bertz CT molecular complexity index is 372. The molecule has 0 spiro atoms. The minimum atomic E-state index is -0.356. The van der Waals surface area contributed by atoms with Crippen LogP contribution in [0, 0.1) is 11.7 Å². The third-order valence-electron chi connectivity index (χ3n) is 1.87. The predicted molar refractivity (Wildman–Crippen MR) is 62.6 cm³/mol. The molecule has 0 bridgehead atoms. The zero-order valence-corrected chi connectivity index (χ0v) is 10.4. The largest absolute Gasteiger partial charge is 0.325 e. The Labute approximate surface area is 101 Å². The van der Waals surface area contributed by atoms with Crippen LogP contribution in [0.4, 0.5) is 10.1 Å². The molecule has 0 saturated heterocycles. The second kappa shape index (κ2) is 5.47. The number of alkyl halides is 1. The van der Waals surface area contributed by atoms with E-state index in [1.807, 2.05) is 0 Å². The van der Waals surface area contributed by atoms with Gasteiger partial charge >= 0.3 is 0 Å². The van der Waals surface area contributed by atoms with Crippen LogP contribution in [0.25, 0.3) is 0 Å². The molecule has 1 amide bonds. The first-order valence-electron chi connectivity index (χ1n) is 4.36. The summed E-state index contributed by atoms with van der Waals surface area (Å²) in [6.45, 7) is 1.72. The van der Waals surface area contributed by atoms with Gasteiger partial charge in [-0.25, -0.2) is 4.39 Å². The predicted octanol–water partition coefficient (Wildman–Crippen LogP) is 3.40. The van der Waals surface area contributed by atoms with E-state index >= 15 is 0 Å². The Hall–Kier alpha value is -0.610. The van der Waals surface area contributed by atoms with Gasteiger partial charge in [-0.05, 0) is 34.1 Å². The number of hydrogen-bond acceptors (Lipinski definition) is 1. The van der Waals surface area contributed by atoms with E-state index in [1.54, 1.807) is 6.92 Å². The van der Waals surface area contributed by atoms with Crippen molar-refractivity contribution in [2.24, 2.45) is 5.92 Å². The molecule has 0 aromatic heterocycles. The van der Waals surface area contributed by atoms with Crippen LogP contribution in [0.15, 0.2) is 22.7 Å². The maximum Gasteiger partial charge on any atom is 0.228 e. The zero-order valence-electron chi connectivity index (χ0n) is 8.06. The van der Waals surface area contributed by atoms with Gasteiger partial charge in [-0.15, -0.1) is 11.6 Å². The van der Waals surface area contributed by atoms with Crippen molar-refractivity contribution in [1.29, 1.82) is 0 Å². The third kappa shape index (κ3) is 3.47. The summed E-state index contributed by atoms with van der Waals surface area (Å²) in [5.74, 6) is -0.559. The summed E-state index contributed by atoms with van der Waals surface area (Å²) >= 11 is 8.70. The summed E-state index contributed by atoms with van der Waals surface area (Å²) in [6, 6.07) is 4.07. The summed E-state index contributed by atoms with van der Waals surface area (Å²) in [4.78, 5) is 11.5. The average Bonchev–Trinajstić information content (AvgIpc) is 2.20.